The zero-order chi connectivity index (χ0) is 14.9. The lowest BCUT2D eigenvalue weighted by atomic mass is 10.0. The summed E-state index contributed by atoms with van der Waals surface area (Å²) in [7, 11) is 0. The first-order chi connectivity index (χ1) is 9.27. The second kappa shape index (κ2) is 5.69. The molecule has 0 amide bonds. The minimum Gasteiger partial charge on any atom is -0.294 e. The van der Waals surface area contributed by atoms with Gasteiger partial charge in [-0.05, 0) is 46.6 Å². The first kappa shape index (κ1) is 15.3. The van der Waals surface area contributed by atoms with Crippen LogP contribution in [0.15, 0.2) is 34.1 Å². The van der Waals surface area contributed by atoms with Crippen LogP contribution in [-0.2, 0) is 12.6 Å². The molecule has 0 aliphatic rings. The van der Waals surface area contributed by atoms with Crippen molar-refractivity contribution in [3.8, 4) is 0 Å². The van der Waals surface area contributed by atoms with Crippen LogP contribution < -0.4 is 0 Å². The van der Waals surface area contributed by atoms with E-state index in [-0.39, 0.29) is 12.2 Å². The topological polar surface area (TPSA) is 17.1 Å². The number of alkyl halides is 3. The van der Waals surface area contributed by atoms with Crippen LogP contribution in [0.25, 0.3) is 0 Å². The van der Waals surface area contributed by atoms with E-state index in [4.69, 9.17) is 0 Å². The first-order valence-electron chi connectivity index (χ1n) is 5.72. The molecular weight excluding hydrogens is 353 g/mol. The summed E-state index contributed by atoms with van der Waals surface area (Å²) in [6.45, 7) is 1.84. The molecule has 20 heavy (non-hydrogen) atoms. The highest BCUT2D eigenvalue weighted by Gasteiger charge is 2.30. The predicted octanol–water partition coefficient (Wildman–Crippen LogP) is 5.26. The van der Waals surface area contributed by atoms with Gasteiger partial charge in [0.25, 0.3) is 0 Å². The second-order valence-corrected chi connectivity index (χ2v) is 6.95. The molecule has 0 unspecified atom stereocenters. The van der Waals surface area contributed by atoms with Crippen LogP contribution in [0, 0.1) is 6.92 Å². The van der Waals surface area contributed by atoms with Crippen molar-refractivity contribution in [3.05, 3.63) is 55.7 Å². The summed E-state index contributed by atoms with van der Waals surface area (Å²) < 4.78 is 38.2. The molecule has 106 valence electrons. The lowest BCUT2D eigenvalue weighted by Gasteiger charge is -2.07. The maximum absolute atomic E-state index is 12.4. The summed E-state index contributed by atoms with van der Waals surface area (Å²) in [4.78, 5) is 13.0. The van der Waals surface area contributed by atoms with Gasteiger partial charge in [-0.1, -0.05) is 12.1 Å². The predicted molar refractivity (Wildman–Crippen MR) is 76.2 cm³/mol. The molecule has 1 nitrogen and oxygen atoms in total. The fourth-order valence-electron chi connectivity index (χ4n) is 1.81. The number of rotatable bonds is 3. The van der Waals surface area contributed by atoms with Crippen molar-refractivity contribution < 1.29 is 18.0 Å². The van der Waals surface area contributed by atoms with E-state index in [0.29, 0.717) is 11.1 Å². The van der Waals surface area contributed by atoms with Crippen molar-refractivity contribution >= 4 is 33.0 Å². The summed E-state index contributed by atoms with van der Waals surface area (Å²) in [5.41, 5.74) is 0.481. The van der Waals surface area contributed by atoms with Crippen LogP contribution in [0.2, 0.25) is 0 Å². The van der Waals surface area contributed by atoms with Gasteiger partial charge in [-0.15, -0.1) is 11.3 Å². The molecule has 0 aliphatic carbocycles. The average molecular weight is 363 g/mol. The van der Waals surface area contributed by atoms with Crippen molar-refractivity contribution in [3.63, 3.8) is 0 Å². The van der Waals surface area contributed by atoms with Crippen molar-refractivity contribution in [1.82, 2.24) is 0 Å². The van der Waals surface area contributed by atoms with Gasteiger partial charge in [0, 0.05) is 16.9 Å². The highest BCUT2D eigenvalue weighted by Crippen LogP contribution is 2.30. The van der Waals surface area contributed by atoms with Gasteiger partial charge in [-0.3, -0.25) is 4.79 Å². The smallest absolute Gasteiger partial charge is 0.294 e. The summed E-state index contributed by atoms with van der Waals surface area (Å²) in [6.07, 6.45) is -4.25. The first-order valence-corrected chi connectivity index (χ1v) is 7.33. The lowest BCUT2D eigenvalue weighted by molar-refractivity contribution is -0.137. The number of carbonyl (C=O) groups excluding carboxylic acids is 1. The summed E-state index contributed by atoms with van der Waals surface area (Å²) >= 11 is 4.77. The van der Waals surface area contributed by atoms with Gasteiger partial charge in [0.05, 0.1) is 9.35 Å². The lowest BCUT2D eigenvalue weighted by Crippen LogP contribution is -2.06. The van der Waals surface area contributed by atoms with Gasteiger partial charge < -0.3 is 0 Å². The van der Waals surface area contributed by atoms with Crippen molar-refractivity contribution in [2.75, 3.05) is 0 Å². The van der Waals surface area contributed by atoms with Gasteiger partial charge in [-0.25, -0.2) is 0 Å². The van der Waals surface area contributed by atoms with Gasteiger partial charge in [-0.2, -0.15) is 13.2 Å². The highest BCUT2D eigenvalue weighted by atomic mass is 79.9. The Morgan fingerprint density at radius 1 is 1.25 bits per heavy atom. The third-order valence-electron chi connectivity index (χ3n) is 2.83. The van der Waals surface area contributed by atoms with Crippen LogP contribution in [0.4, 0.5) is 13.2 Å². The van der Waals surface area contributed by atoms with Gasteiger partial charge in [0.1, 0.15) is 0 Å². The van der Waals surface area contributed by atoms with E-state index < -0.39 is 11.7 Å². The molecule has 1 heterocycles. The number of hydrogen-bond acceptors (Lipinski definition) is 2. The Hall–Kier alpha value is -1.14. The molecule has 0 fully saturated rings. The van der Waals surface area contributed by atoms with Crippen molar-refractivity contribution in [1.29, 1.82) is 0 Å². The molecule has 0 atom stereocenters. The molecular formula is C14H10BrF3OS. The van der Waals surface area contributed by atoms with Crippen molar-refractivity contribution in [2.24, 2.45) is 0 Å². The number of aryl methyl sites for hydroxylation is 1. The summed E-state index contributed by atoms with van der Waals surface area (Å²) in [6, 6.07) is 6.43. The third kappa shape index (κ3) is 3.49. The van der Waals surface area contributed by atoms with E-state index in [1.807, 2.05) is 6.92 Å². The largest absolute Gasteiger partial charge is 0.416 e. The van der Waals surface area contributed by atoms with Crippen LogP contribution in [0.5, 0.6) is 0 Å². The number of ketones is 1. The average Bonchev–Trinajstić information content (AvgIpc) is 2.68. The molecule has 1 aromatic heterocycles. The van der Waals surface area contributed by atoms with Gasteiger partial charge >= 0.3 is 6.18 Å². The molecule has 0 N–H and O–H groups in total. The molecule has 0 saturated carbocycles. The maximum atomic E-state index is 12.4. The number of Topliss-reactive ketones (excluding diaryl/α,β-unsaturated/α-hetero) is 1. The Kier molecular flexibility index (Phi) is 4.34. The highest BCUT2D eigenvalue weighted by molar-refractivity contribution is 9.11. The molecule has 0 aliphatic heterocycles. The number of benzene rings is 1. The zero-order valence-electron chi connectivity index (χ0n) is 10.4. The van der Waals surface area contributed by atoms with E-state index in [2.05, 4.69) is 15.9 Å². The minimum atomic E-state index is -4.35. The number of halogens is 4. The summed E-state index contributed by atoms with van der Waals surface area (Å²) in [5.74, 6) is -0.0933. The van der Waals surface area contributed by atoms with E-state index in [0.717, 1.165) is 20.8 Å². The van der Waals surface area contributed by atoms with Crippen LogP contribution in [0.3, 0.4) is 0 Å². The SMILES string of the molecule is Cc1sc(Br)cc1C(=O)Cc1ccc(C(F)(F)F)cc1. The molecule has 2 aromatic rings. The monoisotopic (exact) mass is 362 g/mol. The van der Waals surface area contributed by atoms with Crippen molar-refractivity contribution in [2.45, 2.75) is 19.5 Å². The normalized spacial score (nSPS) is 11.7. The molecule has 0 bridgehead atoms. The fourth-order valence-corrected chi connectivity index (χ4v) is 3.52. The molecule has 0 radical (unpaired) electrons. The second-order valence-electron chi connectivity index (χ2n) is 4.32. The Bertz CT molecular complexity index is 629. The molecule has 2 rings (SSSR count). The Morgan fingerprint density at radius 2 is 1.85 bits per heavy atom. The van der Waals surface area contributed by atoms with Crippen LogP contribution >= 0.6 is 27.3 Å². The van der Waals surface area contributed by atoms with Crippen LogP contribution in [-0.4, -0.2) is 5.78 Å². The van der Waals surface area contributed by atoms with E-state index >= 15 is 0 Å². The van der Waals surface area contributed by atoms with Gasteiger partial charge in [0.15, 0.2) is 5.78 Å². The quantitative estimate of drug-likeness (QED) is 0.680. The molecule has 0 saturated heterocycles. The standard InChI is InChI=1S/C14H10BrF3OS/c1-8-11(7-13(15)20-8)12(19)6-9-2-4-10(5-3-9)14(16,17)18/h2-5,7H,6H2,1H3. The van der Waals surface area contributed by atoms with Crippen LogP contribution in [0.1, 0.15) is 26.4 Å². The zero-order valence-corrected chi connectivity index (χ0v) is 12.8. The molecule has 6 heteroatoms. The maximum Gasteiger partial charge on any atom is 0.416 e. The van der Waals surface area contributed by atoms with E-state index in [1.165, 1.54) is 23.5 Å². The third-order valence-corrected chi connectivity index (χ3v) is 4.39. The minimum absolute atomic E-state index is 0.0933. The Balaban J connectivity index is 2.14. The molecule has 0 spiro atoms. The van der Waals surface area contributed by atoms with E-state index in [9.17, 15) is 18.0 Å². The number of carbonyl (C=O) groups is 1. The summed E-state index contributed by atoms with van der Waals surface area (Å²) in [5, 5.41) is 0. The Morgan fingerprint density at radius 3 is 2.30 bits per heavy atom. The van der Waals surface area contributed by atoms with Gasteiger partial charge in [0.2, 0.25) is 0 Å². The number of hydrogen-bond donors (Lipinski definition) is 0. The van der Waals surface area contributed by atoms with E-state index in [1.54, 1.807) is 6.07 Å². The number of thiophene rings is 1. The fraction of sp³-hybridized carbons (Fsp3) is 0.214. The Labute approximate surface area is 126 Å². The molecule has 1 aromatic carbocycles.